The summed E-state index contributed by atoms with van der Waals surface area (Å²) in [6, 6.07) is 15.6. The number of hydrogen-bond donors (Lipinski definition) is 0. The van der Waals surface area contributed by atoms with Gasteiger partial charge < -0.3 is 18.9 Å². The number of fused-ring (bicyclic) bond motifs is 1. The summed E-state index contributed by atoms with van der Waals surface area (Å²) in [5.74, 6) is -0.349. The summed E-state index contributed by atoms with van der Waals surface area (Å²) in [4.78, 5) is 35.5. The van der Waals surface area contributed by atoms with Crippen molar-refractivity contribution in [3.63, 3.8) is 0 Å². The van der Waals surface area contributed by atoms with Gasteiger partial charge in [-0.2, -0.15) is 0 Å². The number of carbonyl (C=O) groups is 3. The van der Waals surface area contributed by atoms with E-state index in [1.54, 1.807) is 23.5 Å². The third-order valence-corrected chi connectivity index (χ3v) is 6.94. The van der Waals surface area contributed by atoms with Crippen molar-refractivity contribution in [3.05, 3.63) is 79.4 Å². The third kappa shape index (κ3) is 10.1. The van der Waals surface area contributed by atoms with Gasteiger partial charge in [0.25, 0.3) is 0 Å². The number of esters is 3. The third-order valence-electron chi connectivity index (χ3n) is 5.80. The smallest absolute Gasteiger partial charge is 0.338 e. The fraction of sp³-hybridized carbons (Fsp3) is 0.323. The van der Waals surface area contributed by atoms with E-state index in [1.165, 1.54) is 0 Å². The lowest BCUT2D eigenvalue weighted by Gasteiger charge is -2.06. The number of carbonyl (C=O) groups excluding carboxylic acids is 3. The lowest BCUT2D eigenvalue weighted by Crippen LogP contribution is -2.06. The minimum absolute atomic E-state index is 0.335. The molecule has 206 valence electrons. The van der Waals surface area contributed by atoms with Crippen LogP contribution in [0.5, 0.6) is 5.75 Å². The summed E-state index contributed by atoms with van der Waals surface area (Å²) in [6.07, 6.45) is 7.15. The Morgan fingerprint density at radius 2 is 1.28 bits per heavy atom. The van der Waals surface area contributed by atoms with Crippen LogP contribution in [-0.4, -0.2) is 44.3 Å². The maximum atomic E-state index is 12.4. The molecular weight excluding hydrogens is 516 g/mol. The highest BCUT2D eigenvalue weighted by Crippen LogP contribution is 2.35. The van der Waals surface area contributed by atoms with Gasteiger partial charge in [-0.3, -0.25) is 0 Å². The summed E-state index contributed by atoms with van der Waals surface area (Å²) in [7, 11) is 0. The predicted octanol–water partition coefficient (Wildman–Crippen LogP) is 6.90. The van der Waals surface area contributed by atoms with E-state index < -0.39 is 11.9 Å². The maximum absolute atomic E-state index is 12.4. The highest BCUT2D eigenvalue weighted by molar-refractivity contribution is 7.22. The molecule has 39 heavy (non-hydrogen) atoms. The zero-order valence-electron chi connectivity index (χ0n) is 22.0. The van der Waals surface area contributed by atoms with Crippen LogP contribution in [0.3, 0.4) is 0 Å². The first-order chi connectivity index (χ1) is 19.0. The summed E-state index contributed by atoms with van der Waals surface area (Å²) >= 11 is 1.66. The molecule has 0 atom stereocenters. The van der Waals surface area contributed by atoms with Crippen LogP contribution in [-0.2, 0) is 23.8 Å². The van der Waals surface area contributed by atoms with Crippen LogP contribution in [0, 0.1) is 0 Å². The molecule has 0 aliphatic heterocycles. The van der Waals surface area contributed by atoms with Gasteiger partial charge in [0, 0.05) is 21.7 Å². The summed E-state index contributed by atoms with van der Waals surface area (Å²) in [6.45, 7) is 8.36. The van der Waals surface area contributed by atoms with Gasteiger partial charge in [0.1, 0.15) is 5.75 Å². The quantitative estimate of drug-likeness (QED) is 0.0781. The summed E-state index contributed by atoms with van der Waals surface area (Å²) < 4.78 is 22.3. The fourth-order valence-corrected chi connectivity index (χ4v) is 4.77. The van der Waals surface area contributed by atoms with Gasteiger partial charge in [0.2, 0.25) is 0 Å². The molecule has 0 fully saturated rings. The minimum atomic E-state index is -0.408. The lowest BCUT2D eigenvalue weighted by molar-refractivity contribution is -0.138. The van der Waals surface area contributed by atoms with Crippen LogP contribution in [0.1, 0.15) is 48.9 Å². The maximum Gasteiger partial charge on any atom is 0.338 e. The highest BCUT2D eigenvalue weighted by atomic mass is 32.1. The molecular formula is C31H34O7S. The van der Waals surface area contributed by atoms with E-state index >= 15 is 0 Å². The monoisotopic (exact) mass is 550 g/mol. The molecule has 8 heteroatoms. The molecule has 0 N–H and O–H groups in total. The Morgan fingerprint density at radius 1 is 0.692 bits per heavy atom. The standard InChI is InChI=1S/C31H34O7S/c1-3-29(32)36-18-7-5-6-8-20-38-31(34)24-13-11-23(12-14-24)27-21-25-15-16-26(22-28(25)39-27)35-17-9-10-19-37-30(33)4-2/h3-4,11-16,21-22H,1-2,5-10,17-20H2. The molecule has 3 rings (SSSR count). The first-order valence-corrected chi connectivity index (χ1v) is 13.8. The van der Waals surface area contributed by atoms with Crippen LogP contribution in [0.4, 0.5) is 0 Å². The molecule has 1 heterocycles. The van der Waals surface area contributed by atoms with Gasteiger partial charge in [-0.15, -0.1) is 11.3 Å². The van der Waals surface area contributed by atoms with E-state index in [4.69, 9.17) is 18.9 Å². The van der Waals surface area contributed by atoms with Gasteiger partial charge in [-0.1, -0.05) is 25.3 Å². The molecule has 0 aliphatic carbocycles. The molecule has 0 radical (unpaired) electrons. The molecule has 0 amide bonds. The lowest BCUT2D eigenvalue weighted by atomic mass is 10.1. The SMILES string of the molecule is C=CC(=O)OCCCCCCOC(=O)c1ccc(-c2cc3ccc(OCCCCOC(=O)C=C)cc3s2)cc1. The predicted molar refractivity (Wildman–Crippen MR) is 153 cm³/mol. The molecule has 0 unspecified atom stereocenters. The number of thiophene rings is 1. The summed E-state index contributed by atoms with van der Waals surface area (Å²) in [5, 5.41) is 1.13. The normalized spacial score (nSPS) is 10.6. The van der Waals surface area contributed by atoms with Gasteiger partial charge in [0.15, 0.2) is 0 Å². The Hall–Kier alpha value is -3.91. The number of ether oxygens (including phenoxy) is 4. The number of benzene rings is 2. The Labute approximate surface area is 233 Å². The fourth-order valence-electron chi connectivity index (χ4n) is 3.68. The van der Waals surface area contributed by atoms with E-state index in [0.717, 1.165) is 77.0 Å². The van der Waals surface area contributed by atoms with Crippen LogP contribution in [0.2, 0.25) is 0 Å². The Kier molecular flexibility index (Phi) is 12.3. The first-order valence-electron chi connectivity index (χ1n) is 13.0. The summed E-state index contributed by atoms with van der Waals surface area (Å²) in [5.41, 5.74) is 1.55. The average Bonchev–Trinajstić information content (AvgIpc) is 3.39. The molecule has 0 spiro atoms. The molecule has 1 aromatic heterocycles. The molecule has 0 saturated carbocycles. The second-order valence-electron chi connectivity index (χ2n) is 8.74. The molecule has 3 aromatic rings. The van der Waals surface area contributed by atoms with Crippen LogP contribution in [0.25, 0.3) is 20.5 Å². The van der Waals surface area contributed by atoms with Crippen molar-refractivity contribution >= 4 is 39.3 Å². The van der Waals surface area contributed by atoms with E-state index in [2.05, 4.69) is 19.2 Å². The zero-order valence-corrected chi connectivity index (χ0v) is 22.8. The van der Waals surface area contributed by atoms with Crippen LogP contribution < -0.4 is 4.74 Å². The van der Waals surface area contributed by atoms with Gasteiger partial charge in [-0.05, 0) is 85.9 Å². The molecule has 0 bridgehead atoms. The topological polar surface area (TPSA) is 88.1 Å². The second-order valence-corrected chi connectivity index (χ2v) is 9.82. The Balaban J connectivity index is 1.41. The Morgan fingerprint density at radius 3 is 1.92 bits per heavy atom. The molecule has 0 aliphatic rings. The van der Waals surface area contributed by atoms with Crippen LogP contribution in [0.15, 0.2) is 73.8 Å². The van der Waals surface area contributed by atoms with Gasteiger partial charge >= 0.3 is 17.9 Å². The largest absolute Gasteiger partial charge is 0.494 e. The van der Waals surface area contributed by atoms with Gasteiger partial charge in [-0.25, -0.2) is 14.4 Å². The van der Waals surface area contributed by atoms with Crippen molar-refractivity contribution in [2.75, 3.05) is 26.4 Å². The second kappa shape index (κ2) is 16.1. The average molecular weight is 551 g/mol. The molecule has 0 saturated heterocycles. The first kappa shape index (κ1) is 29.6. The van der Waals surface area contributed by atoms with Crippen molar-refractivity contribution in [1.29, 1.82) is 0 Å². The van der Waals surface area contributed by atoms with E-state index in [9.17, 15) is 14.4 Å². The van der Waals surface area contributed by atoms with E-state index in [-0.39, 0.29) is 5.97 Å². The molecule has 2 aromatic carbocycles. The van der Waals surface area contributed by atoms with Crippen molar-refractivity contribution in [2.24, 2.45) is 0 Å². The van der Waals surface area contributed by atoms with E-state index in [0.29, 0.717) is 32.0 Å². The van der Waals surface area contributed by atoms with Crippen molar-refractivity contribution in [3.8, 4) is 16.2 Å². The number of rotatable bonds is 17. The van der Waals surface area contributed by atoms with Crippen molar-refractivity contribution < 1.29 is 33.3 Å². The van der Waals surface area contributed by atoms with Crippen molar-refractivity contribution in [2.45, 2.75) is 38.5 Å². The number of hydrogen-bond acceptors (Lipinski definition) is 8. The van der Waals surface area contributed by atoms with Crippen molar-refractivity contribution in [1.82, 2.24) is 0 Å². The molecule has 7 nitrogen and oxygen atoms in total. The highest BCUT2D eigenvalue weighted by Gasteiger charge is 2.10. The zero-order chi connectivity index (χ0) is 27.9. The van der Waals surface area contributed by atoms with Crippen LogP contribution >= 0.6 is 11.3 Å². The minimum Gasteiger partial charge on any atom is -0.494 e. The Bertz CT molecular complexity index is 1260. The van der Waals surface area contributed by atoms with E-state index in [1.807, 2.05) is 30.3 Å². The van der Waals surface area contributed by atoms with Gasteiger partial charge in [0.05, 0.1) is 32.0 Å². The number of unbranched alkanes of at least 4 members (excludes halogenated alkanes) is 4.